The number of halogens is 5. The maximum Gasteiger partial charge on any atom is 0.419 e. The SMILES string of the molecule is CCC1CC(O)(C(F)(F)F)C(Nc2cc(F)cc3nc(C)ncc23)c2ccc(F)c(O)c21. The maximum absolute atomic E-state index is 14.3. The number of aryl methyl sites for hydroxylation is 1. The molecule has 32 heavy (non-hydrogen) atoms. The number of alkyl halides is 3. The van der Waals surface area contributed by atoms with Crippen LogP contribution in [0, 0.1) is 18.6 Å². The molecule has 1 aromatic heterocycles. The van der Waals surface area contributed by atoms with Crippen LogP contribution in [0.25, 0.3) is 10.9 Å². The number of nitrogens with one attached hydrogen (secondary N) is 1. The van der Waals surface area contributed by atoms with Crippen molar-refractivity contribution in [1.29, 1.82) is 0 Å². The highest BCUT2D eigenvalue weighted by atomic mass is 19.4. The lowest BCUT2D eigenvalue weighted by molar-refractivity contribution is -0.272. The number of aliphatic hydroxyl groups is 1. The molecule has 0 aliphatic heterocycles. The van der Waals surface area contributed by atoms with Crippen molar-refractivity contribution in [3.63, 3.8) is 0 Å². The van der Waals surface area contributed by atoms with Gasteiger partial charge in [-0.1, -0.05) is 13.0 Å². The second-order valence-electron chi connectivity index (χ2n) is 8.01. The highest BCUT2D eigenvalue weighted by Crippen LogP contribution is 2.55. The average Bonchev–Trinajstić information content (AvgIpc) is 2.70. The summed E-state index contributed by atoms with van der Waals surface area (Å²) in [5.41, 5.74) is -3.30. The number of nitrogens with zero attached hydrogens (tertiary/aromatic N) is 2. The van der Waals surface area contributed by atoms with Gasteiger partial charge in [-0.2, -0.15) is 13.2 Å². The molecule has 0 amide bonds. The molecule has 0 bridgehead atoms. The van der Waals surface area contributed by atoms with Gasteiger partial charge in [0.25, 0.3) is 0 Å². The van der Waals surface area contributed by atoms with Gasteiger partial charge in [0.1, 0.15) is 11.6 Å². The van der Waals surface area contributed by atoms with Gasteiger partial charge in [-0.3, -0.25) is 0 Å². The molecule has 5 nitrogen and oxygen atoms in total. The first-order valence-corrected chi connectivity index (χ1v) is 9.96. The molecule has 1 aliphatic rings. The molecular formula is C22H20F5N3O2. The van der Waals surface area contributed by atoms with Crippen molar-refractivity contribution in [2.75, 3.05) is 5.32 Å². The van der Waals surface area contributed by atoms with Crippen LogP contribution < -0.4 is 5.32 Å². The van der Waals surface area contributed by atoms with Crippen molar-refractivity contribution < 1.29 is 32.2 Å². The van der Waals surface area contributed by atoms with Gasteiger partial charge >= 0.3 is 6.18 Å². The van der Waals surface area contributed by atoms with Crippen LogP contribution in [0.15, 0.2) is 30.5 Å². The van der Waals surface area contributed by atoms with Gasteiger partial charge in [-0.05, 0) is 43.4 Å². The molecule has 3 unspecified atom stereocenters. The zero-order chi connectivity index (χ0) is 23.4. The van der Waals surface area contributed by atoms with Crippen LogP contribution in [0.3, 0.4) is 0 Å². The summed E-state index contributed by atoms with van der Waals surface area (Å²) in [5.74, 6) is -3.08. The summed E-state index contributed by atoms with van der Waals surface area (Å²) < 4.78 is 70.9. The van der Waals surface area contributed by atoms with Crippen molar-refractivity contribution >= 4 is 16.6 Å². The summed E-state index contributed by atoms with van der Waals surface area (Å²) in [7, 11) is 0. The van der Waals surface area contributed by atoms with E-state index < -0.39 is 47.5 Å². The second kappa shape index (κ2) is 7.54. The monoisotopic (exact) mass is 453 g/mol. The molecule has 1 aliphatic carbocycles. The Morgan fingerprint density at radius 3 is 2.59 bits per heavy atom. The predicted octanol–water partition coefficient (Wildman–Crippen LogP) is 5.27. The van der Waals surface area contributed by atoms with E-state index in [2.05, 4.69) is 15.3 Å². The summed E-state index contributed by atoms with van der Waals surface area (Å²) >= 11 is 0. The van der Waals surface area contributed by atoms with Crippen LogP contribution >= 0.6 is 0 Å². The van der Waals surface area contributed by atoms with E-state index in [1.54, 1.807) is 13.8 Å². The number of rotatable bonds is 3. The normalized spacial score (nSPS) is 23.2. The highest BCUT2D eigenvalue weighted by molar-refractivity contribution is 5.91. The van der Waals surface area contributed by atoms with E-state index in [1.807, 2.05) is 0 Å². The standard InChI is InChI=1S/C22H20F5N3O2/c1-3-11-8-21(32,22(25,26)27)20(13-4-5-15(24)19(31)18(11)13)30-17-7-12(23)6-16-14(17)9-28-10(2)29-16/h4-7,9,11,20,30-32H,3,8H2,1-2H3. The highest BCUT2D eigenvalue weighted by Gasteiger charge is 2.62. The lowest BCUT2D eigenvalue weighted by Crippen LogP contribution is -2.55. The third kappa shape index (κ3) is 3.42. The van der Waals surface area contributed by atoms with E-state index in [1.165, 1.54) is 6.20 Å². The number of aromatic nitrogens is 2. The van der Waals surface area contributed by atoms with Crippen LogP contribution in [0.4, 0.5) is 27.6 Å². The van der Waals surface area contributed by atoms with Gasteiger partial charge in [0.15, 0.2) is 17.2 Å². The lowest BCUT2D eigenvalue weighted by Gasteiger charge is -2.45. The van der Waals surface area contributed by atoms with E-state index >= 15 is 0 Å². The Balaban J connectivity index is 1.95. The van der Waals surface area contributed by atoms with E-state index in [4.69, 9.17) is 0 Å². The van der Waals surface area contributed by atoms with Gasteiger partial charge in [0.2, 0.25) is 0 Å². The lowest BCUT2D eigenvalue weighted by atomic mass is 9.69. The molecule has 170 valence electrons. The van der Waals surface area contributed by atoms with Crippen LogP contribution in [0.2, 0.25) is 0 Å². The molecule has 0 radical (unpaired) electrons. The number of phenolic OH excluding ortho intramolecular Hbond substituents is 1. The maximum atomic E-state index is 14.3. The first-order chi connectivity index (χ1) is 15.0. The van der Waals surface area contributed by atoms with Gasteiger partial charge < -0.3 is 15.5 Å². The number of hydrogen-bond donors (Lipinski definition) is 3. The fourth-order valence-corrected chi connectivity index (χ4v) is 4.42. The smallest absolute Gasteiger partial charge is 0.419 e. The van der Waals surface area contributed by atoms with Gasteiger partial charge in [0, 0.05) is 28.9 Å². The Morgan fingerprint density at radius 2 is 1.94 bits per heavy atom. The number of benzene rings is 2. The van der Waals surface area contributed by atoms with E-state index in [-0.39, 0.29) is 34.1 Å². The van der Waals surface area contributed by atoms with Crippen molar-refractivity contribution in [3.05, 3.63) is 59.0 Å². The van der Waals surface area contributed by atoms with Crippen molar-refractivity contribution in [3.8, 4) is 5.75 Å². The Kier molecular flexibility index (Phi) is 5.23. The summed E-state index contributed by atoms with van der Waals surface area (Å²) in [6, 6.07) is 2.19. The topological polar surface area (TPSA) is 78.3 Å². The minimum atomic E-state index is -5.07. The Bertz CT molecular complexity index is 1200. The van der Waals surface area contributed by atoms with Crippen molar-refractivity contribution in [2.45, 2.75) is 50.4 Å². The average molecular weight is 453 g/mol. The molecule has 0 saturated heterocycles. The van der Waals surface area contributed by atoms with Crippen molar-refractivity contribution in [1.82, 2.24) is 9.97 Å². The molecule has 4 rings (SSSR count). The third-order valence-electron chi connectivity index (χ3n) is 6.03. The number of anilines is 1. The van der Waals surface area contributed by atoms with Crippen LogP contribution in [0.1, 0.15) is 48.7 Å². The Hall–Kier alpha value is -3.01. The molecule has 0 fully saturated rings. The fraction of sp³-hybridized carbons (Fsp3) is 0.364. The quantitative estimate of drug-likeness (QED) is 0.471. The van der Waals surface area contributed by atoms with Gasteiger partial charge in [-0.25, -0.2) is 18.7 Å². The first-order valence-electron chi connectivity index (χ1n) is 9.96. The molecule has 3 N–H and O–H groups in total. The van der Waals surface area contributed by atoms with Crippen molar-refractivity contribution in [2.24, 2.45) is 0 Å². The predicted molar refractivity (Wildman–Crippen MR) is 107 cm³/mol. The molecular weight excluding hydrogens is 433 g/mol. The molecule has 0 saturated carbocycles. The first kappa shape index (κ1) is 22.2. The van der Waals surface area contributed by atoms with Crippen LogP contribution in [-0.2, 0) is 0 Å². The Morgan fingerprint density at radius 1 is 1.22 bits per heavy atom. The molecule has 10 heteroatoms. The summed E-state index contributed by atoms with van der Waals surface area (Å²) in [6.45, 7) is 3.17. The van der Waals surface area contributed by atoms with E-state index in [9.17, 15) is 32.2 Å². The molecule has 0 spiro atoms. The summed E-state index contributed by atoms with van der Waals surface area (Å²) in [6.07, 6.45) is -4.41. The molecule has 2 aromatic carbocycles. The third-order valence-corrected chi connectivity index (χ3v) is 6.03. The van der Waals surface area contributed by atoms with Crippen LogP contribution in [-0.4, -0.2) is 32.0 Å². The van der Waals surface area contributed by atoms with Crippen LogP contribution in [0.5, 0.6) is 5.75 Å². The second-order valence-corrected chi connectivity index (χ2v) is 8.01. The minimum absolute atomic E-state index is 0.00766. The molecule has 1 heterocycles. The van der Waals surface area contributed by atoms with E-state index in [0.29, 0.717) is 5.82 Å². The van der Waals surface area contributed by atoms with Gasteiger partial charge in [0.05, 0.1) is 11.6 Å². The largest absolute Gasteiger partial charge is 0.505 e. The molecule has 3 aromatic rings. The number of phenols is 1. The summed E-state index contributed by atoms with van der Waals surface area (Å²) in [4.78, 5) is 8.13. The van der Waals surface area contributed by atoms with Gasteiger partial charge in [-0.15, -0.1) is 0 Å². The zero-order valence-electron chi connectivity index (χ0n) is 17.1. The summed E-state index contributed by atoms with van der Waals surface area (Å²) in [5, 5.41) is 24.1. The Labute approximate surface area is 179 Å². The number of fused-ring (bicyclic) bond motifs is 2. The number of aromatic hydroxyl groups is 1. The zero-order valence-corrected chi connectivity index (χ0v) is 17.1. The van der Waals surface area contributed by atoms with E-state index in [0.717, 1.165) is 24.3 Å². The fourth-order valence-electron chi connectivity index (χ4n) is 4.42. The minimum Gasteiger partial charge on any atom is -0.505 e. The number of hydrogen-bond acceptors (Lipinski definition) is 5. The molecule has 3 atom stereocenters.